The van der Waals surface area contributed by atoms with Crippen molar-refractivity contribution >= 4 is 28.6 Å². The number of hydrogen-bond acceptors (Lipinski definition) is 6. The fourth-order valence-corrected chi connectivity index (χ4v) is 5.07. The highest BCUT2D eigenvalue weighted by Gasteiger charge is 2.58. The van der Waals surface area contributed by atoms with Crippen molar-refractivity contribution in [3.8, 4) is 0 Å². The summed E-state index contributed by atoms with van der Waals surface area (Å²) in [6.07, 6.45) is -3.99. The third-order valence-corrected chi connectivity index (χ3v) is 6.89. The fourth-order valence-electron chi connectivity index (χ4n) is 3.29. The molecule has 2 atom stereocenters. The Morgan fingerprint density at radius 2 is 2.07 bits per heavy atom. The summed E-state index contributed by atoms with van der Waals surface area (Å²) >= 11 is 2.26. The van der Waals surface area contributed by atoms with E-state index in [0.717, 1.165) is 30.8 Å². The van der Waals surface area contributed by atoms with E-state index in [0.29, 0.717) is 17.0 Å². The summed E-state index contributed by atoms with van der Waals surface area (Å²) in [5.41, 5.74) is -2.92. The van der Waals surface area contributed by atoms with Gasteiger partial charge in [0.1, 0.15) is 5.01 Å². The third-order valence-electron chi connectivity index (χ3n) is 4.80. The highest BCUT2D eigenvalue weighted by Crippen LogP contribution is 2.42. The number of nitrogens with one attached hydrogen (secondary N) is 1. The van der Waals surface area contributed by atoms with Crippen LogP contribution in [0.4, 0.5) is 13.2 Å². The molecule has 2 unspecified atom stereocenters. The van der Waals surface area contributed by atoms with E-state index in [1.807, 2.05) is 17.5 Å². The first-order valence-electron chi connectivity index (χ1n) is 8.96. The Hall–Kier alpha value is -1.49. The number of aryl methyl sites for hydroxylation is 1. The van der Waals surface area contributed by atoms with E-state index in [1.165, 1.54) is 5.38 Å². The Bertz CT molecular complexity index is 788. The predicted octanol–water partition coefficient (Wildman–Crippen LogP) is 3.61. The number of amides is 1. The summed E-state index contributed by atoms with van der Waals surface area (Å²) in [6.45, 7) is 3.52. The molecule has 2 aromatic heterocycles. The molecule has 0 aromatic carbocycles. The minimum Gasteiger partial charge on any atom is -0.374 e. The average Bonchev–Trinajstić information content (AvgIpc) is 3.36. The molecule has 3 heterocycles. The van der Waals surface area contributed by atoms with Crippen LogP contribution in [-0.2, 0) is 10.4 Å². The highest BCUT2D eigenvalue weighted by atomic mass is 32.1. The van der Waals surface area contributed by atoms with Gasteiger partial charge in [-0.15, -0.1) is 22.7 Å². The lowest BCUT2D eigenvalue weighted by molar-refractivity contribution is -0.267. The summed E-state index contributed by atoms with van der Waals surface area (Å²) in [6, 6.07) is 3.80. The number of aromatic nitrogens is 1. The molecule has 1 amide bonds. The molecular weight excluding hydrogens is 411 g/mol. The summed E-state index contributed by atoms with van der Waals surface area (Å²) in [5.74, 6) is -0.853. The molecular formula is C18H22F3N3O2S2. The Kier molecular flexibility index (Phi) is 6.43. The summed E-state index contributed by atoms with van der Waals surface area (Å²) in [7, 11) is 0. The lowest BCUT2D eigenvalue weighted by Gasteiger charge is -2.29. The van der Waals surface area contributed by atoms with Crippen LogP contribution >= 0.6 is 22.7 Å². The Labute approximate surface area is 169 Å². The van der Waals surface area contributed by atoms with Crippen LogP contribution in [-0.4, -0.2) is 46.7 Å². The molecule has 5 nitrogen and oxygen atoms in total. The van der Waals surface area contributed by atoms with Crippen LogP contribution in [0.5, 0.6) is 0 Å². The van der Waals surface area contributed by atoms with Crippen LogP contribution < -0.4 is 5.32 Å². The van der Waals surface area contributed by atoms with Crippen molar-refractivity contribution in [2.45, 2.75) is 44.0 Å². The lowest BCUT2D eigenvalue weighted by atomic mass is 9.99. The molecule has 1 aliphatic heterocycles. The van der Waals surface area contributed by atoms with E-state index in [2.05, 4.69) is 15.2 Å². The predicted molar refractivity (Wildman–Crippen MR) is 102 cm³/mol. The molecule has 0 bridgehead atoms. The van der Waals surface area contributed by atoms with E-state index < -0.39 is 29.1 Å². The minimum absolute atomic E-state index is 0.0764. The number of thiophene rings is 1. The van der Waals surface area contributed by atoms with Crippen LogP contribution in [0.3, 0.4) is 0 Å². The van der Waals surface area contributed by atoms with Gasteiger partial charge in [-0.3, -0.25) is 9.69 Å². The van der Waals surface area contributed by atoms with Crippen molar-refractivity contribution in [2.24, 2.45) is 0 Å². The molecule has 154 valence electrons. The second kappa shape index (κ2) is 8.48. The molecule has 0 saturated carbocycles. The molecule has 0 aliphatic carbocycles. The van der Waals surface area contributed by atoms with Crippen molar-refractivity contribution < 1.29 is 23.1 Å². The van der Waals surface area contributed by atoms with Gasteiger partial charge in [-0.1, -0.05) is 6.07 Å². The molecule has 2 N–H and O–H groups in total. The number of alkyl halides is 3. The van der Waals surface area contributed by atoms with Crippen molar-refractivity contribution in [1.29, 1.82) is 0 Å². The quantitative estimate of drug-likeness (QED) is 0.700. The lowest BCUT2D eigenvalue weighted by Crippen LogP contribution is -2.47. The maximum atomic E-state index is 13.6. The average molecular weight is 434 g/mol. The second-order valence-corrected chi connectivity index (χ2v) is 8.74. The summed E-state index contributed by atoms with van der Waals surface area (Å²) in [5, 5.41) is 15.8. The zero-order valence-electron chi connectivity index (χ0n) is 15.3. The number of hydrogen-bond donors (Lipinski definition) is 2. The van der Waals surface area contributed by atoms with Gasteiger partial charge in [0, 0.05) is 22.5 Å². The number of likely N-dealkylation sites (tertiary alicyclic amines) is 1. The first-order valence-corrected chi connectivity index (χ1v) is 10.7. The van der Waals surface area contributed by atoms with E-state index in [-0.39, 0.29) is 12.6 Å². The number of rotatable bonds is 7. The van der Waals surface area contributed by atoms with E-state index in [4.69, 9.17) is 0 Å². The van der Waals surface area contributed by atoms with Crippen LogP contribution in [0.15, 0.2) is 22.9 Å². The van der Waals surface area contributed by atoms with Crippen LogP contribution in [0.1, 0.15) is 40.9 Å². The van der Waals surface area contributed by atoms with Gasteiger partial charge >= 0.3 is 6.18 Å². The Morgan fingerprint density at radius 3 is 2.61 bits per heavy atom. The highest BCUT2D eigenvalue weighted by molar-refractivity contribution is 7.10. The topological polar surface area (TPSA) is 65.5 Å². The van der Waals surface area contributed by atoms with Crippen LogP contribution in [0, 0.1) is 6.92 Å². The number of aliphatic hydroxyl groups is 1. The van der Waals surface area contributed by atoms with Gasteiger partial charge in [0.15, 0.2) is 0 Å². The number of thiazole rings is 1. The van der Waals surface area contributed by atoms with E-state index in [1.54, 1.807) is 18.3 Å². The molecule has 1 fully saturated rings. The van der Waals surface area contributed by atoms with E-state index >= 15 is 0 Å². The van der Waals surface area contributed by atoms with Crippen molar-refractivity contribution in [2.75, 3.05) is 19.6 Å². The monoisotopic (exact) mass is 433 g/mol. The van der Waals surface area contributed by atoms with Gasteiger partial charge in [-0.05, 0) is 44.3 Å². The molecule has 2 aromatic rings. The van der Waals surface area contributed by atoms with Gasteiger partial charge < -0.3 is 10.4 Å². The number of carbonyl (C=O) groups is 1. The molecule has 1 aliphatic rings. The van der Waals surface area contributed by atoms with Crippen LogP contribution in [0.25, 0.3) is 0 Å². The van der Waals surface area contributed by atoms with Gasteiger partial charge in [0.2, 0.25) is 11.5 Å². The molecule has 28 heavy (non-hydrogen) atoms. The van der Waals surface area contributed by atoms with Gasteiger partial charge in [-0.2, -0.15) is 13.2 Å². The molecule has 1 saturated heterocycles. The normalized spacial score (nSPS) is 18.8. The molecule has 0 spiro atoms. The fraction of sp³-hybridized carbons (Fsp3) is 0.556. The maximum Gasteiger partial charge on any atom is 0.424 e. The first kappa shape index (κ1) is 21.2. The molecule has 3 rings (SSSR count). The standard InChI is InChI=1S/C18H22F3N3O2S2/c1-12-11-28-16(23-12)17(26,18(19,20)21)9-15(25)22-10-13(14-5-4-8-27-14)24-6-2-3-7-24/h4-5,8,11,13,26H,2-3,6-7,9-10H2,1H3,(H,22,25). The number of nitrogens with zero attached hydrogens (tertiary/aromatic N) is 2. The number of halogens is 3. The minimum atomic E-state index is -5.00. The smallest absolute Gasteiger partial charge is 0.374 e. The van der Waals surface area contributed by atoms with E-state index in [9.17, 15) is 23.1 Å². The summed E-state index contributed by atoms with van der Waals surface area (Å²) in [4.78, 5) is 19.4. The zero-order valence-corrected chi connectivity index (χ0v) is 17.0. The van der Waals surface area contributed by atoms with Crippen LogP contribution in [0.2, 0.25) is 0 Å². The van der Waals surface area contributed by atoms with Gasteiger partial charge in [-0.25, -0.2) is 4.98 Å². The Morgan fingerprint density at radius 1 is 1.36 bits per heavy atom. The summed E-state index contributed by atoms with van der Waals surface area (Å²) < 4.78 is 40.7. The SMILES string of the molecule is Cc1csc(C(O)(CC(=O)NCC(c2cccs2)N2CCCC2)C(F)(F)F)n1. The van der Waals surface area contributed by atoms with Crippen molar-refractivity contribution in [3.05, 3.63) is 38.5 Å². The molecule has 0 radical (unpaired) electrons. The largest absolute Gasteiger partial charge is 0.424 e. The third kappa shape index (κ3) is 4.56. The number of carbonyl (C=O) groups excluding carboxylic acids is 1. The Balaban J connectivity index is 1.70. The maximum absolute atomic E-state index is 13.6. The second-order valence-electron chi connectivity index (χ2n) is 6.91. The zero-order chi connectivity index (χ0) is 20.4. The van der Waals surface area contributed by atoms with Gasteiger partial charge in [0.05, 0.1) is 12.5 Å². The first-order chi connectivity index (χ1) is 13.2. The van der Waals surface area contributed by atoms with Crippen molar-refractivity contribution in [1.82, 2.24) is 15.2 Å². The molecule has 10 heteroatoms. The van der Waals surface area contributed by atoms with Gasteiger partial charge in [0.25, 0.3) is 0 Å². The van der Waals surface area contributed by atoms with Crippen molar-refractivity contribution in [3.63, 3.8) is 0 Å².